The molecule has 1 N–H and O–H groups in total. The lowest BCUT2D eigenvalue weighted by molar-refractivity contribution is -0.126. The van der Waals surface area contributed by atoms with E-state index in [0.717, 1.165) is 29.7 Å². The number of benzene rings is 2. The molecule has 6 nitrogen and oxygen atoms in total. The second-order valence-corrected chi connectivity index (χ2v) is 10.1. The molecule has 1 heterocycles. The van der Waals surface area contributed by atoms with E-state index in [2.05, 4.69) is 5.32 Å². The van der Waals surface area contributed by atoms with Crippen molar-refractivity contribution in [3.8, 4) is 5.75 Å². The number of methoxy groups -OCH3 is 1. The number of hydrogen-bond acceptors (Lipinski definition) is 4. The fraction of sp³-hybridized carbons (Fsp3) is 0.458. The number of piperidine rings is 1. The molecule has 2 aromatic rings. The third-order valence-corrected chi connectivity index (χ3v) is 7.76. The van der Waals surface area contributed by atoms with Gasteiger partial charge in [-0.05, 0) is 55.4 Å². The van der Waals surface area contributed by atoms with Crippen molar-refractivity contribution in [1.82, 2.24) is 9.62 Å². The number of sulfonamides is 1. The fourth-order valence-electron chi connectivity index (χ4n) is 3.90. The number of hydrogen-bond donors (Lipinski definition) is 1. The minimum absolute atomic E-state index is 0.0228. The Balaban J connectivity index is 1.37. The van der Waals surface area contributed by atoms with Crippen LogP contribution in [0.4, 0.5) is 0 Å². The molecule has 0 bridgehead atoms. The van der Waals surface area contributed by atoms with Crippen LogP contribution in [0, 0.1) is 5.92 Å². The Kier molecular flexibility index (Phi) is 8.49. The molecule has 0 saturated carbocycles. The van der Waals surface area contributed by atoms with Crippen molar-refractivity contribution in [2.24, 2.45) is 5.92 Å². The summed E-state index contributed by atoms with van der Waals surface area (Å²) < 4.78 is 32.0. The summed E-state index contributed by atoms with van der Waals surface area (Å²) in [5.41, 5.74) is 2.29. The molecule has 7 heteroatoms. The minimum atomic E-state index is -3.27. The second kappa shape index (κ2) is 11.3. The van der Waals surface area contributed by atoms with Crippen molar-refractivity contribution in [2.75, 3.05) is 32.5 Å². The number of amides is 1. The summed E-state index contributed by atoms with van der Waals surface area (Å²) in [6.45, 7) is 1.41. The van der Waals surface area contributed by atoms with Crippen molar-refractivity contribution in [3.63, 3.8) is 0 Å². The lowest BCUT2D eigenvalue weighted by atomic mass is 9.97. The lowest BCUT2D eigenvalue weighted by Crippen LogP contribution is -2.44. The van der Waals surface area contributed by atoms with Gasteiger partial charge in [-0.25, -0.2) is 12.7 Å². The van der Waals surface area contributed by atoms with Gasteiger partial charge in [0, 0.05) is 25.6 Å². The average molecular weight is 445 g/mol. The molecule has 31 heavy (non-hydrogen) atoms. The van der Waals surface area contributed by atoms with Crippen molar-refractivity contribution in [2.45, 2.75) is 32.1 Å². The van der Waals surface area contributed by atoms with E-state index in [9.17, 15) is 13.2 Å². The van der Waals surface area contributed by atoms with E-state index in [1.54, 1.807) is 11.4 Å². The Morgan fingerprint density at radius 1 is 1.00 bits per heavy atom. The van der Waals surface area contributed by atoms with E-state index in [1.165, 1.54) is 0 Å². The third-order valence-electron chi connectivity index (χ3n) is 5.80. The Labute approximate surface area is 185 Å². The highest BCUT2D eigenvalue weighted by molar-refractivity contribution is 7.89. The number of nitrogens with zero attached hydrogens (tertiary/aromatic N) is 1. The van der Waals surface area contributed by atoms with Gasteiger partial charge in [0.25, 0.3) is 0 Å². The van der Waals surface area contributed by atoms with Crippen LogP contribution in [0.1, 0.15) is 30.4 Å². The Bertz CT molecular complexity index is 922. The first-order chi connectivity index (χ1) is 15.0. The maximum absolute atomic E-state index is 12.6. The summed E-state index contributed by atoms with van der Waals surface area (Å²) in [7, 11) is -1.63. The van der Waals surface area contributed by atoms with Gasteiger partial charge < -0.3 is 10.1 Å². The summed E-state index contributed by atoms with van der Waals surface area (Å²) in [4.78, 5) is 12.5. The molecular weight excluding hydrogens is 412 g/mol. The number of nitrogens with one attached hydrogen (secondary N) is 1. The molecule has 3 rings (SSSR count). The van der Waals surface area contributed by atoms with Crippen LogP contribution in [0.15, 0.2) is 54.6 Å². The summed E-state index contributed by atoms with van der Waals surface area (Å²) in [6, 6.07) is 17.7. The van der Waals surface area contributed by atoms with Gasteiger partial charge in [-0.2, -0.15) is 0 Å². The predicted octanol–water partition coefficient (Wildman–Crippen LogP) is 3.03. The van der Waals surface area contributed by atoms with E-state index in [-0.39, 0.29) is 17.6 Å². The number of rotatable bonds is 10. The molecule has 168 valence electrons. The van der Waals surface area contributed by atoms with Crippen molar-refractivity contribution in [3.05, 3.63) is 65.7 Å². The highest BCUT2D eigenvalue weighted by atomic mass is 32.2. The maximum Gasteiger partial charge on any atom is 0.223 e. The first kappa shape index (κ1) is 23.3. The highest BCUT2D eigenvalue weighted by Crippen LogP contribution is 2.21. The van der Waals surface area contributed by atoms with Crippen LogP contribution in [0.5, 0.6) is 5.75 Å². The standard InChI is InChI=1S/C24H32N2O4S/c1-30-23-11-9-21(10-12-23)13-16-25-24(27)22-14-17-26(18-15-22)31(28,29)19-5-8-20-6-3-2-4-7-20/h2-4,6-7,9-12,22H,5,8,13-19H2,1H3,(H,25,27). The Morgan fingerprint density at radius 3 is 2.29 bits per heavy atom. The maximum atomic E-state index is 12.6. The van der Waals surface area contributed by atoms with Crippen molar-refractivity contribution < 1.29 is 17.9 Å². The summed E-state index contributed by atoms with van der Waals surface area (Å²) >= 11 is 0. The molecule has 0 atom stereocenters. The fourth-order valence-corrected chi connectivity index (χ4v) is 5.43. The number of ether oxygens (including phenoxy) is 1. The molecule has 1 saturated heterocycles. The SMILES string of the molecule is COc1ccc(CCNC(=O)C2CCN(S(=O)(=O)CCCc3ccccc3)CC2)cc1. The molecular formula is C24H32N2O4S. The van der Waals surface area contributed by atoms with Crippen molar-refractivity contribution in [1.29, 1.82) is 0 Å². The summed E-state index contributed by atoms with van der Waals surface area (Å²) in [5.74, 6) is 0.872. The van der Waals surface area contributed by atoms with Crippen LogP contribution in [0.2, 0.25) is 0 Å². The van der Waals surface area contributed by atoms with Crippen LogP contribution in [-0.4, -0.2) is 51.1 Å². The molecule has 1 aliphatic rings. The molecule has 0 aromatic heterocycles. The Hall–Kier alpha value is -2.38. The third kappa shape index (κ3) is 7.08. The molecule has 0 unspecified atom stereocenters. The van der Waals surface area contributed by atoms with Gasteiger partial charge in [0.15, 0.2) is 0 Å². The van der Waals surface area contributed by atoms with Gasteiger partial charge in [-0.3, -0.25) is 4.79 Å². The smallest absolute Gasteiger partial charge is 0.223 e. The predicted molar refractivity (Wildman–Crippen MR) is 123 cm³/mol. The summed E-state index contributed by atoms with van der Waals surface area (Å²) in [6.07, 6.45) is 3.27. The highest BCUT2D eigenvalue weighted by Gasteiger charge is 2.30. The topological polar surface area (TPSA) is 75.7 Å². The van der Waals surface area contributed by atoms with E-state index in [4.69, 9.17) is 4.74 Å². The molecule has 0 spiro atoms. The van der Waals surface area contributed by atoms with Crippen LogP contribution >= 0.6 is 0 Å². The van der Waals surface area contributed by atoms with E-state index in [0.29, 0.717) is 38.9 Å². The van der Waals surface area contributed by atoms with Gasteiger partial charge in [-0.1, -0.05) is 42.5 Å². The van der Waals surface area contributed by atoms with Gasteiger partial charge in [0.05, 0.1) is 12.9 Å². The zero-order valence-corrected chi connectivity index (χ0v) is 18.9. The van der Waals surface area contributed by atoms with Crippen LogP contribution in [0.25, 0.3) is 0 Å². The van der Waals surface area contributed by atoms with Gasteiger partial charge >= 0.3 is 0 Å². The van der Waals surface area contributed by atoms with E-state index >= 15 is 0 Å². The first-order valence-corrected chi connectivity index (χ1v) is 12.5. The number of carbonyl (C=O) groups excluding carboxylic acids is 1. The zero-order chi connectivity index (χ0) is 22.1. The van der Waals surface area contributed by atoms with Gasteiger partial charge in [0.2, 0.25) is 15.9 Å². The van der Waals surface area contributed by atoms with E-state index < -0.39 is 10.0 Å². The quantitative estimate of drug-likeness (QED) is 0.611. The largest absolute Gasteiger partial charge is 0.497 e. The number of carbonyl (C=O) groups is 1. The molecule has 2 aromatic carbocycles. The van der Waals surface area contributed by atoms with Gasteiger partial charge in [-0.15, -0.1) is 0 Å². The summed E-state index contributed by atoms with van der Waals surface area (Å²) in [5, 5.41) is 3.00. The van der Waals surface area contributed by atoms with Crippen LogP contribution < -0.4 is 10.1 Å². The zero-order valence-electron chi connectivity index (χ0n) is 18.1. The molecule has 0 radical (unpaired) electrons. The second-order valence-electron chi connectivity index (χ2n) is 7.97. The van der Waals surface area contributed by atoms with Crippen molar-refractivity contribution >= 4 is 15.9 Å². The first-order valence-electron chi connectivity index (χ1n) is 10.9. The van der Waals surface area contributed by atoms with Crippen LogP contribution in [-0.2, 0) is 27.7 Å². The molecule has 1 aliphatic heterocycles. The molecule has 1 amide bonds. The molecule has 1 fully saturated rings. The van der Waals surface area contributed by atoms with Crippen LogP contribution in [0.3, 0.4) is 0 Å². The lowest BCUT2D eigenvalue weighted by Gasteiger charge is -2.30. The van der Waals surface area contributed by atoms with Gasteiger partial charge in [0.1, 0.15) is 5.75 Å². The number of aryl methyl sites for hydroxylation is 1. The molecule has 0 aliphatic carbocycles. The minimum Gasteiger partial charge on any atom is -0.497 e. The van der Waals surface area contributed by atoms with E-state index in [1.807, 2.05) is 54.6 Å². The average Bonchev–Trinajstić information content (AvgIpc) is 2.80. The normalized spacial score (nSPS) is 15.5. The monoisotopic (exact) mass is 444 g/mol. The Morgan fingerprint density at radius 2 is 1.65 bits per heavy atom.